The standard InChI is InChI=1S/C7H13N3/c1-3-8-4-2-7(1)9-5-6-10-7/h5,8,10H,1-4,6H2. The van der Waals surface area contributed by atoms with Gasteiger partial charge in [-0.15, -0.1) is 0 Å². The molecule has 0 aliphatic carbocycles. The van der Waals surface area contributed by atoms with Crippen molar-refractivity contribution in [3.05, 3.63) is 0 Å². The van der Waals surface area contributed by atoms with Crippen LogP contribution in [0.3, 0.4) is 0 Å². The molecule has 0 amide bonds. The predicted molar refractivity (Wildman–Crippen MR) is 41.3 cm³/mol. The van der Waals surface area contributed by atoms with Crippen LogP contribution in [0.15, 0.2) is 4.99 Å². The Balaban J connectivity index is 2.05. The zero-order valence-electron chi connectivity index (χ0n) is 6.06. The summed E-state index contributed by atoms with van der Waals surface area (Å²) in [5.41, 5.74) is 0.130. The Morgan fingerprint density at radius 2 is 2.10 bits per heavy atom. The van der Waals surface area contributed by atoms with Crippen LogP contribution in [0.5, 0.6) is 0 Å². The maximum absolute atomic E-state index is 4.45. The second kappa shape index (κ2) is 2.32. The van der Waals surface area contributed by atoms with Crippen molar-refractivity contribution in [3.8, 4) is 0 Å². The minimum absolute atomic E-state index is 0.130. The van der Waals surface area contributed by atoms with E-state index in [0.717, 1.165) is 32.5 Å². The fourth-order valence-electron chi connectivity index (χ4n) is 1.65. The number of aliphatic imine (C=N–C) groups is 1. The van der Waals surface area contributed by atoms with Crippen molar-refractivity contribution in [2.45, 2.75) is 18.5 Å². The summed E-state index contributed by atoms with van der Waals surface area (Å²) in [6.07, 6.45) is 4.28. The molecule has 3 heteroatoms. The molecular weight excluding hydrogens is 126 g/mol. The van der Waals surface area contributed by atoms with Crippen molar-refractivity contribution in [2.75, 3.05) is 19.6 Å². The molecule has 10 heavy (non-hydrogen) atoms. The van der Waals surface area contributed by atoms with Crippen LogP contribution in [0.1, 0.15) is 12.8 Å². The third-order valence-electron chi connectivity index (χ3n) is 2.29. The quantitative estimate of drug-likeness (QED) is 0.485. The molecule has 0 aromatic rings. The molecule has 0 aromatic heterocycles. The topological polar surface area (TPSA) is 36.4 Å². The molecule has 2 aliphatic heterocycles. The molecule has 1 saturated heterocycles. The van der Waals surface area contributed by atoms with E-state index in [4.69, 9.17) is 0 Å². The Kier molecular flexibility index (Phi) is 1.47. The number of hydrogen-bond acceptors (Lipinski definition) is 3. The van der Waals surface area contributed by atoms with Crippen LogP contribution in [-0.2, 0) is 0 Å². The van der Waals surface area contributed by atoms with Crippen LogP contribution in [0.2, 0.25) is 0 Å². The van der Waals surface area contributed by atoms with Gasteiger partial charge in [0.15, 0.2) is 0 Å². The Labute approximate surface area is 60.9 Å². The minimum Gasteiger partial charge on any atom is -0.316 e. The SMILES string of the molecule is C1=NC2(CCNCC2)NC1. The average Bonchev–Trinajstić information content (AvgIpc) is 2.39. The molecule has 0 saturated carbocycles. The summed E-state index contributed by atoms with van der Waals surface area (Å²) < 4.78 is 0. The van der Waals surface area contributed by atoms with Crippen molar-refractivity contribution in [1.82, 2.24) is 10.6 Å². The minimum atomic E-state index is 0.130. The molecular formula is C7H13N3. The summed E-state index contributed by atoms with van der Waals surface area (Å²) in [7, 11) is 0. The third-order valence-corrected chi connectivity index (χ3v) is 2.29. The first-order chi connectivity index (χ1) is 4.91. The normalized spacial score (nSPS) is 29.6. The first-order valence-corrected chi connectivity index (χ1v) is 3.91. The lowest BCUT2D eigenvalue weighted by Crippen LogP contribution is -2.48. The smallest absolute Gasteiger partial charge is 0.113 e. The van der Waals surface area contributed by atoms with Crippen LogP contribution in [-0.4, -0.2) is 31.5 Å². The molecule has 0 bridgehead atoms. The van der Waals surface area contributed by atoms with Crippen molar-refractivity contribution >= 4 is 6.21 Å². The largest absolute Gasteiger partial charge is 0.316 e. The number of nitrogens with zero attached hydrogens (tertiary/aromatic N) is 1. The number of hydrogen-bond donors (Lipinski definition) is 2. The molecule has 0 radical (unpaired) electrons. The number of rotatable bonds is 0. The maximum Gasteiger partial charge on any atom is 0.113 e. The molecule has 2 aliphatic rings. The zero-order chi connectivity index (χ0) is 6.86. The molecule has 2 heterocycles. The Bertz CT molecular complexity index is 147. The highest BCUT2D eigenvalue weighted by Gasteiger charge is 2.31. The van der Waals surface area contributed by atoms with Gasteiger partial charge in [-0.1, -0.05) is 0 Å². The van der Waals surface area contributed by atoms with Crippen molar-refractivity contribution in [2.24, 2.45) is 4.99 Å². The van der Waals surface area contributed by atoms with Crippen LogP contribution >= 0.6 is 0 Å². The van der Waals surface area contributed by atoms with Gasteiger partial charge in [0.25, 0.3) is 0 Å². The fourth-order valence-corrected chi connectivity index (χ4v) is 1.65. The molecule has 56 valence electrons. The van der Waals surface area contributed by atoms with E-state index in [1.807, 2.05) is 6.21 Å². The lowest BCUT2D eigenvalue weighted by Gasteiger charge is -2.31. The fraction of sp³-hybridized carbons (Fsp3) is 0.857. The highest BCUT2D eigenvalue weighted by Crippen LogP contribution is 2.21. The first kappa shape index (κ1) is 6.31. The summed E-state index contributed by atoms with van der Waals surface area (Å²) in [5, 5.41) is 6.73. The molecule has 0 unspecified atom stereocenters. The molecule has 1 spiro atoms. The van der Waals surface area contributed by atoms with Gasteiger partial charge in [0, 0.05) is 12.8 Å². The summed E-state index contributed by atoms with van der Waals surface area (Å²) in [6.45, 7) is 3.16. The monoisotopic (exact) mass is 139 g/mol. The van der Waals surface area contributed by atoms with Gasteiger partial charge in [-0.3, -0.25) is 10.3 Å². The van der Waals surface area contributed by atoms with Gasteiger partial charge in [-0.2, -0.15) is 0 Å². The molecule has 3 nitrogen and oxygen atoms in total. The van der Waals surface area contributed by atoms with Gasteiger partial charge in [0.05, 0.1) is 0 Å². The predicted octanol–water partition coefficient (Wildman–Crippen LogP) is -0.260. The van der Waals surface area contributed by atoms with E-state index in [1.54, 1.807) is 0 Å². The van der Waals surface area contributed by atoms with Crippen LogP contribution in [0.25, 0.3) is 0 Å². The highest BCUT2D eigenvalue weighted by atomic mass is 15.2. The van der Waals surface area contributed by atoms with Crippen LogP contribution < -0.4 is 10.6 Å². The van der Waals surface area contributed by atoms with Gasteiger partial charge < -0.3 is 5.32 Å². The van der Waals surface area contributed by atoms with Crippen LogP contribution in [0, 0.1) is 0 Å². The molecule has 2 rings (SSSR count). The average molecular weight is 139 g/mol. The summed E-state index contributed by atoms with van der Waals surface area (Å²) >= 11 is 0. The van der Waals surface area contributed by atoms with E-state index in [9.17, 15) is 0 Å². The lowest BCUT2D eigenvalue weighted by atomic mass is 10.00. The summed E-state index contributed by atoms with van der Waals surface area (Å²) in [5.74, 6) is 0. The Morgan fingerprint density at radius 1 is 1.30 bits per heavy atom. The van der Waals surface area contributed by atoms with Gasteiger partial charge in [0.2, 0.25) is 0 Å². The van der Waals surface area contributed by atoms with E-state index in [1.165, 1.54) is 0 Å². The van der Waals surface area contributed by atoms with E-state index in [0.29, 0.717) is 0 Å². The highest BCUT2D eigenvalue weighted by molar-refractivity contribution is 5.63. The summed E-state index contributed by atoms with van der Waals surface area (Å²) in [4.78, 5) is 4.45. The second-order valence-corrected chi connectivity index (χ2v) is 2.97. The lowest BCUT2D eigenvalue weighted by molar-refractivity contribution is 0.280. The van der Waals surface area contributed by atoms with E-state index in [-0.39, 0.29) is 5.66 Å². The van der Waals surface area contributed by atoms with E-state index < -0.39 is 0 Å². The molecule has 2 N–H and O–H groups in total. The Morgan fingerprint density at radius 3 is 2.70 bits per heavy atom. The molecule has 0 aromatic carbocycles. The van der Waals surface area contributed by atoms with Crippen molar-refractivity contribution in [3.63, 3.8) is 0 Å². The van der Waals surface area contributed by atoms with Crippen molar-refractivity contribution in [1.29, 1.82) is 0 Å². The summed E-state index contributed by atoms with van der Waals surface area (Å²) in [6, 6.07) is 0. The van der Waals surface area contributed by atoms with Gasteiger partial charge in [0.1, 0.15) is 5.66 Å². The number of piperidine rings is 1. The van der Waals surface area contributed by atoms with Gasteiger partial charge in [-0.05, 0) is 25.9 Å². The number of nitrogens with one attached hydrogen (secondary N) is 2. The van der Waals surface area contributed by atoms with Gasteiger partial charge >= 0.3 is 0 Å². The van der Waals surface area contributed by atoms with Crippen LogP contribution in [0.4, 0.5) is 0 Å². The van der Waals surface area contributed by atoms with Gasteiger partial charge in [-0.25, -0.2) is 0 Å². The third kappa shape index (κ3) is 0.954. The molecule has 1 fully saturated rings. The van der Waals surface area contributed by atoms with E-state index >= 15 is 0 Å². The molecule has 0 atom stereocenters. The maximum atomic E-state index is 4.45. The van der Waals surface area contributed by atoms with E-state index in [2.05, 4.69) is 15.6 Å². The second-order valence-electron chi connectivity index (χ2n) is 2.97. The Hall–Kier alpha value is -0.410. The zero-order valence-corrected chi connectivity index (χ0v) is 6.06. The first-order valence-electron chi connectivity index (χ1n) is 3.91. The van der Waals surface area contributed by atoms with Crippen molar-refractivity contribution < 1.29 is 0 Å².